The van der Waals surface area contributed by atoms with Gasteiger partial charge in [0.15, 0.2) is 11.6 Å². The van der Waals surface area contributed by atoms with Crippen molar-refractivity contribution in [3.63, 3.8) is 0 Å². The molecule has 162 valence electrons. The lowest BCUT2D eigenvalue weighted by Gasteiger charge is -2.27. The van der Waals surface area contributed by atoms with Crippen molar-refractivity contribution < 1.29 is 18.8 Å². The van der Waals surface area contributed by atoms with Gasteiger partial charge in [0.05, 0.1) is 24.2 Å². The zero-order valence-electron chi connectivity index (χ0n) is 16.7. The van der Waals surface area contributed by atoms with Crippen molar-refractivity contribution in [2.75, 3.05) is 31.2 Å². The molecule has 1 saturated heterocycles. The Bertz CT molecular complexity index is 1300. The van der Waals surface area contributed by atoms with E-state index in [9.17, 15) is 14.5 Å². The Morgan fingerprint density at radius 2 is 1.94 bits per heavy atom. The van der Waals surface area contributed by atoms with Gasteiger partial charge in [0.2, 0.25) is 5.88 Å². The number of non-ortho nitro benzene ring substituents is 1. The molecule has 11 heteroatoms. The molecule has 5 rings (SSSR count). The van der Waals surface area contributed by atoms with Crippen LogP contribution in [0.15, 0.2) is 55.1 Å². The van der Waals surface area contributed by atoms with Crippen LogP contribution in [0.4, 0.5) is 15.9 Å². The average molecular weight is 436 g/mol. The molecule has 0 atom stereocenters. The van der Waals surface area contributed by atoms with Gasteiger partial charge in [-0.25, -0.2) is 13.9 Å². The van der Waals surface area contributed by atoms with Crippen LogP contribution in [-0.4, -0.2) is 50.8 Å². The van der Waals surface area contributed by atoms with Crippen LogP contribution < -0.4 is 9.64 Å². The largest absolute Gasteiger partial charge is 0.434 e. The van der Waals surface area contributed by atoms with E-state index in [0.29, 0.717) is 18.7 Å². The maximum atomic E-state index is 14.3. The summed E-state index contributed by atoms with van der Waals surface area (Å²) in [7, 11) is 0. The number of fused-ring (bicyclic) bond motifs is 1. The van der Waals surface area contributed by atoms with Crippen molar-refractivity contribution in [3.8, 4) is 22.8 Å². The highest BCUT2D eigenvalue weighted by atomic mass is 19.1. The van der Waals surface area contributed by atoms with Crippen molar-refractivity contribution in [1.29, 1.82) is 0 Å². The number of nitrogens with zero attached hydrogens (tertiary/aromatic N) is 6. The van der Waals surface area contributed by atoms with Gasteiger partial charge in [0.1, 0.15) is 17.7 Å². The Balaban J connectivity index is 1.47. The summed E-state index contributed by atoms with van der Waals surface area (Å²) in [4.78, 5) is 20.9. The fourth-order valence-electron chi connectivity index (χ4n) is 3.50. The summed E-state index contributed by atoms with van der Waals surface area (Å²) < 4.78 is 26.9. The van der Waals surface area contributed by atoms with E-state index in [2.05, 4.69) is 20.0 Å². The van der Waals surface area contributed by atoms with E-state index in [1.807, 2.05) is 24.4 Å². The minimum atomic E-state index is -0.855. The first kappa shape index (κ1) is 19.8. The van der Waals surface area contributed by atoms with Crippen LogP contribution in [0, 0.1) is 15.9 Å². The van der Waals surface area contributed by atoms with E-state index in [0.717, 1.165) is 36.1 Å². The molecular weight excluding hydrogens is 419 g/mol. The maximum absolute atomic E-state index is 14.3. The normalized spacial score (nSPS) is 14.0. The molecule has 1 aromatic carbocycles. The van der Waals surface area contributed by atoms with Crippen LogP contribution in [0.1, 0.15) is 0 Å². The first-order valence-electron chi connectivity index (χ1n) is 9.83. The smallest absolute Gasteiger partial charge is 0.272 e. The standard InChI is InChI=1S/C21H17FN6O4/c22-17-11-16(28(29)30)1-2-19(17)32-21-18-9-15(12-27(18)25-13-24-21)14-3-4-23-20(10-14)26-5-7-31-8-6-26/h1-4,9-13H,5-8H2. The number of hydrogen-bond donors (Lipinski definition) is 0. The molecule has 0 bridgehead atoms. The predicted octanol–water partition coefficient (Wildman–Crippen LogP) is 3.47. The Morgan fingerprint density at radius 3 is 2.72 bits per heavy atom. The summed E-state index contributed by atoms with van der Waals surface area (Å²) in [5.41, 5.74) is 1.95. The fraction of sp³-hybridized carbons (Fsp3) is 0.190. The van der Waals surface area contributed by atoms with Crippen LogP contribution in [0.5, 0.6) is 11.6 Å². The second-order valence-corrected chi connectivity index (χ2v) is 7.10. The zero-order valence-corrected chi connectivity index (χ0v) is 16.7. The Kier molecular flexibility index (Phi) is 5.07. The van der Waals surface area contributed by atoms with Crippen molar-refractivity contribution in [1.82, 2.24) is 19.6 Å². The summed E-state index contributed by atoms with van der Waals surface area (Å²) >= 11 is 0. The molecule has 3 aromatic heterocycles. The van der Waals surface area contributed by atoms with Gasteiger partial charge in [-0.05, 0) is 29.8 Å². The highest BCUT2D eigenvalue weighted by Gasteiger charge is 2.17. The highest BCUT2D eigenvalue weighted by Crippen LogP contribution is 2.32. The lowest BCUT2D eigenvalue weighted by atomic mass is 10.1. The second kappa shape index (κ2) is 8.19. The van der Waals surface area contributed by atoms with E-state index in [4.69, 9.17) is 9.47 Å². The molecule has 0 spiro atoms. The minimum absolute atomic E-state index is 0.126. The summed E-state index contributed by atoms with van der Waals surface area (Å²) in [6.45, 7) is 2.88. The molecule has 4 aromatic rings. The number of anilines is 1. The second-order valence-electron chi connectivity index (χ2n) is 7.10. The van der Waals surface area contributed by atoms with E-state index in [-0.39, 0.29) is 17.3 Å². The van der Waals surface area contributed by atoms with Crippen molar-refractivity contribution >= 4 is 17.0 Å². The van der Waals surface area contributed by atoms with Crippen LogP contribution in [0.3, 0.4) is 0 Å². The Morgan fingerprint density at radius 1 is 1.09 bits per heavy atom. The minimum Gasteiger partial charge on any atom is -0.434 e. The highest BCUT2D eigenvalue weighted by molar-refractivity contribution is 5.74. The molecular formula is C21H17FN6O4. The fourth-order valence-corrected chi connectivity index (χ4v) is 3.50. The number of pyridine rings is 1. The van der Waals surface area contributed by atoms with Gasteiger partial charge >= 0.3 is 0 Å². The van der Waals surface area contributed by atoms with Crippen molar-refractivity contribution in [2.24, 2.45) is 0 Å². The number of rotatable bonds is 5. The quantitative estimate of drug-likeness (QED) is 0.346. The Hall–Kier alpha value is -4.12. The summed E-state index contributed by atoms with van der Waals surface area (Å²) in [6.07, 6.45) is 4.85. The molecule has 0 N–H and O–H groups in total. The van der Waals surface area contributed by atoms with Gasteiger partial charge in [-0.3, -0.25) is 10.1 Å². The van der Waals surface area contributed by atoms with E-state index >= 15 is 0 Å². The molecule has 0 unspecified atom stereocenters. The molecule has 1 aliphatic rings. The third-order valence-electron chi connectivity index (χ3n) is 5.12. The summed E-state index contributed by atoms with van der Waals surface area (Å²) in [6, 6.07) is 8.89. The van der Waals surface area contributed by atoms with Crippen LogP contribution in [0.25, 0.3) is 16.6 Å². The number of aromatic nitrogens is 4. The van der Waals surface area contributed by atoms with Crippen molar-refractivity contribution in [3.05, 3.63) is 71.1 Å². The number of halogens is 1. The first-order valence-corrected chi connectivity index (χ1v) is 9.83. The maximum Gasteiger partial charge on any atom is 0.272 e. The number of nitro benzene ring substituents is 1. The number of benzene rings is 1. The monoisotopic (exact) mass is 436 g/mol. The van der Waals surface area contributed by atoms with Gasteiger partial charge in [-0.15, -0.1) is 0 Å². The first-order chi connectivity index (χ1) is 15.6. The number of hydrogen-bond acceptors (Lipinski definition) is 8. The lowest BCUT2D eigenvalue weighted by Crippen LogP contribution is -2.36. The lowest BCUT2D eigenvalue weighted by molar-refractivity contribution is -0.385. The third-order valence-corrected chi connectivity index (χ3v) is 5.12. The van der Waals surface area contributed by atoms with Crippen LogP contribution in [0.2, 0.25) is 0 Å². The molecule has 10 nitrogen and oxygen atoms in total. The number of ether oxygens (including phenoxy) is 2. The number of nitro groups is 1. The summed E-state index contributed by atoms with van der Waals surface area (Å²) in [5, 5.41) is 15.0. The predicted molar refractivity (Wildman–Crippen MR) is 112 cm³/mol. The molecule has 4 heterocycles. The average Bonchev–Trinajstić information content (AvgIpc) is 3.26. The van der Waals surface area contributed by atoms with Crippen molar-refractivity contribution in [2.45, 2.75) is 0 Å². The van der Waals surface area contributed by atoms with Gasteiger partial charge in [0, 0.05) is 37.1 Å². The molecule has 1 fully saturated rings. The molecule has 32 heavy (non-hydrogen) atoms. The Labute approximate surface area is 181 Å². The van der Waals surface area contributed by atoms with E-state index in [1.54, 1.807) is 10.7 Å². The van der Waals surface area contributed by atoms with Crippen LogP contribution in [-0.2, 0) is 4.74 Å². The van der Waals surface area contributed by atoms with Crippen LogP contribution >= 0.6 is 0 Å². The summed E-state index contributed by atoms with van der Waals surface area (Å²) in [5.74, 6) is -0.0393. The van der Waals surface area contributed by atoms with Gasteiger partial charge < -0.3 is 14.4 Å². The molecule has 1 aliphatic heterocycles. The molecule has 0 saturated carbocycles. The molecule has 0 aliphatic carbocycles. The third kappa shape index (κ3) is 3.81. The van der Waals surface area contributed by atoms with Gasteiger partial charge in [-0.2, -0.15) is 10.1 Å². The van der Waals surface area contributed by atoms with Gasteiger partial charge in [-0.1, -0.05) is 0 Å². The SMILES string of the molecule is O=[N+]([O-])c1ccc(Oc2ncnn3cc(-c4ccnc(N5CCOCC5)c4)cc23)c(F)c1. The van der Waals surface area contributed by atoms with E-state index in [1.165, 1.54) is 18.5 Å². The molecule has 0 amide bonds. The number of morpholine rings is 1. The van der Waals surface area contributed by atoms with Gasteiger partial charge in [0.25, 0.3) is 5.69 Å². The topological polar surface area (TPSA) is 108 Å². The molecule has 0 radical (unpaired) electrons. The zero-order chi connectivity index (χ0) is 22.1. The van der Waals surface area contributed by atoms with E-state index < -0.39 is 10.7 Å².